The third-order valence-corrected chi connectivity index (χ3v) is 5.20. The molecule has 0 fully saturated rings. The van der Waals surface area contributed by atoms with Crippen LogP contribution in [0.4, 0.5) is 17.2 Å². The number of rotatable bonds is 4. The summed E-state index contributed by atoms with van der Waals surface area (Å²) in [6.45, 7) is 1.71. The zero-order chi connectivity index (χ0) is 19.8. The second-order valence-corrected chi connectivity index (χ2v) is 7.62. The van der Waals surface area contributed by atoms with E-state index >= 15 is 0 Å². The Balaban J connectivity index is 0.00000210. The van der Waals surface area contributed by atoms with Crippen LogP contribution in [-0.4, -0.2) is 52.3 Å². The van der Waals surface area contributed by atoms with Gasteiger partial charge >= 0.3 is 18.9 Å². The Morgan fingerprint density at radius 2 is 1.72 bits per heavy atom. The number of aryl methyl sites for hydroxylation is 1. The van der Waals surface area contributed by atoms with Crippen molar-refractivity contribution in [1.82, 2.24) is 9.78 Å². The molecule has 3 aromatic rings. The minimum atomic E-state index is -4.75. The number of nitrogens with zero attached hydrogens (tertiary/aromatic N) is 4. The third kappa shape index (κ3) is 5.85. The van der Waals surface area contributed by atoms with Crippen LogP contribution in [0.2, 0.25) is 10.0 Å². The normalized spacial score (nSPS) is 11.2. The van der Waals surface area contributed by atoms with Gasteiger partial charge in [-0.3, -0.25) is 0 Å². The van der Waals surface area contributed by atoms with Gasteiger partial charge < -0.3 is 10.3 Å². The summed E-state index contributed by atoms with van der Waals surface area (Å²) in [6.07, 6.45) is 0. The van der Waals surface area contributed by atoms with Crippen LogP contribution in [0.3, 0.4) is 0 Å². The van der Waals surface area contributed by atoms with Gasteiger partial charge in [0.1, 0.15) is 15.8 Å². The molecule has 0 bridgehead atoms. The zero-order valence-corrected chi connectivity index (χ0v) is 20.1. The van der Waals surface area contributed by atoms with Crippen molar-refractivity contribution in [2.45, 2.75) is 11.8 Å². The summed E-state index contributed by atoms with van der Waals surface area (Å²) in [4.78, 5) is -0.624. The number of anilines is 1. The Morgan fingerprint density at radius 3 is 2.31 bits per heavy atom. The molecule has 1 radical (unpaired) electrons. The molecule has 0 aliphatic rings. The van der Waals surface area contributed by atoms with Crippen LogP contribution in [0.15, 0.2) is 57.6 Å². The van der Waals surface area contributed by atoms with Crippen LogP contribution in [0.1, 0.15) is 5.69 Å². The second kappa shape index (κ2) is 10.4. The summed E-state index contributed by atoms with van der Waals surface area (Å²) < 4.78 is 34.9. The van der Waals surface area contributed by atoms with E-state index in [9.17, 15) is 13.0 Å². The quantitative estimate of drug-likeness (QED) is 0.357. The molecule has 0 saturated heterocycles. The molecular weight excluding hydrogens is 443 g/mol. The predicted octanol–water partition coefficient (Wildman–Crippen LogP) is 1.01. The monoisotopic (exact) mass is 454 g/mol. The van der Waals surface area contributed by atoms with E-state index < -0.39 is 15.0 Å². The largest absolute Gasteiger partial charge is 1.00 e. The van der Waals surface area contributed by atoms with Gasteiger partial charge in [0.15, 0.2) is 11.5 Å². The molecule has 2 N–H and O–H groups in total. The van der Waals surface area contributed by atoms with E-state index in [0.29, 0.717) is 11.4 Å². The van der Waals surface area contributed by atoms with Crippen LogP contribution in [0.5, 0.6) is 0 Å². The van der Waals surface area contributed by atoms with Gasteiger partial charge in [-0.25, -0.2) is 13.1 Å². The van der Waals surface area contributed by atoms with Crippen LogP contribution in [0, 0.1) is 6.92 Å². The van der Waals surface area contributed by atoms with Crippen molar-refractivity contribution in [3.8, 4) is 5.69 Å². The molecule has 1 heterocycles. The van der Waals surface area contributed by atoms with Crippen LogP contribution >= 0.6 is 23.2 Å². The third-order valence-electron chi connectivity index (χ3n) is 3.59. The molecule has 0 spiro atoms. The van der Waals surface area contributed by atoms with Crippen LogP contribution in [0.25, 0.3) is 5.69 Å². The van der Waals surface area contributed by atoms with Gasteiger partial charge in [-0.2, -0.15) is 5.10 Å². The molecule has 3 rings (SSSR count). The second-order valence-electron chi connectivity index (χ2n) is 5.45. The number of aromatic nitrogens is 2. The van der Waals surface area contributed by atoms with Crippen molar-refractivity contribution in [2.24, 2.45) is 10.2 Å². The number of hydrogen-bond donors (Lipinski definition) is 1. The molecule has 0 atom stereocenters. The van der Waals surface area contributed by atoms with E-state index in [1.165, 1.54) is 4.68 Å². The summed E-state index contributed by atoms with van der Waals surface area (Å²) >= 11 is 11.8. The van der Waals surface area contributed by atoms with E-state index in [2.05, 4.69) is 15.3 Å². The van der Waals surface area contributed by atoms with Gasteiger partial charge in [0.05, 0.1) is 26.3 Å². The zero-order valence-electron chi connectivity index (χ0n) is 15.8. The van der Waals surface area contributed by atoms with Gasteiger partial charge in [0, 0.05) is 29.6 Å². The molecule has 141 valence electrons. The van der Waals surface area contributed by atoms with Crippen molar-refractivity contribution in [1.29, 1.82) is 0 Å². The van der Waals surface area contributed by atoms with Crippen LogP contribution in [-0.2, 0) is 10.1 Å². The molecule has 8 nitrogen and oxygen atoms in total. The van der Waals surface area contributed by atoms with E-state index in [-0.39, 0.29) is 70.0 Å². The number of nitrogens with two attached hydrogens (primary N) is 1. The molecular formula is C16H12Cl2LiN5NaO3S. The Labute approximate surface area is 211 Å². The summed E-state index contributed by atoms with van der Waals surface area (Å²) in [5.74, 6) is 0.267. The minimum Gasteiger partial charge on any atom is -0.744 e. The summed E-state index contributed by atoms with van der Waals surface area (Å²) in [6, 6.07) is 11.3. The van der Waals surface area contributed by atoms with Gasteiger partial charge in [-0.15, -0.1) is 10.2 Å². The van der Waals surface area contributed by atoms with Gasteiger partial charge in [0.25, 0.3) is 0 Å². The first kappa shape index (κ1) is 26.2. The van der Waals surface area contributed by atoms with E-state index in [0.717, 1.165) is 17.8 Å². The summed E-state index contributed by atoms with van der Waals surface area (Å²) in [5.41, 5.74) is 7.81. The maximum Gasteiger partial charge on any atom is 1.00 e. The average Bonchev–Trinajstić information content (AvgIpc) is 2.89. The minimum absolute atomic E-state index is 0. The van der Waals surface area contributed by atoms with Crippen LogP contribution < -0.4 is 24.6 Å². The number of azo groups is 1. The Kier molecular flexibility index (Phi) is 9.42. The molecule has 2 aromatic carbocycles. The van der Waals surface area contributed by atoms with Gasteiger partial charge in [0.2, 0.25) is 0 Å². The first-order valence-electron chi connectivity index (χ1n) is 7.45. The van der Waals surface area contributed by atoms with Crippen molar-refractivity contribution in [2.75, 3.05) is 5.73 Å². The van der Waals surface area contributed by atoms with Crippen molar-refractivity contribution >= 4 is 80.1 Å². The molecule has 0 unspecified atom stereocenters. The number of halogens is 2. The predicted molar refractivity (Wildman–Crippen MR) is 107 cm³/mol. The van der Waals surface area contributed by atoms with Crippen molar-refractivity contribution in [3.05, 3.63) is 58.2 Å². The molecule has 0 amide bonds. The fourth-order valence-electron chi connectivity index (χ4n) is 2.32. The number of hydrogen-bond acceptors (Lipinski definition) is 7. The number of para-hydroxylation sites is 1. The number of benzene rings is 2. The van der Waals surface area contributed by atoms with E-state index in [1.54, 1.807) is 6.92 Å². The van der Waals surface area contributed by atoms with E-state index in [1.807, 2.05) is 30.3 Å². The molecule has 13 heteroatoms. The molecule has 29 heavy (non-hydrogen) atoms. The SMILES string of the molecule is Cc1nn(-c2ccccc2)c(N)c1N=Nc1cc(Cl)c(S(=O)(=O)[O-])cc1Cl.[Li+].[Na]. The van der Waals surface area contributed by atoms with Gasteiger partial charge in [-0.1, -0.05) is 41.4 Å². The average molecular weight is 455 g/mol. The fraction of sp³-hybridized carbons (Fsp3) is 0.0625. The van der Waals surface area contributed by atoms with E-state index in [4.69, 9.17) is 28.9 Å². The maximum atomic E-state index is 11.1. The number of nitrogen functional groups attached to an aromatic ring is 1. The fourth-order valence-corrected chi connectivity index (χ4v) is 3.58. The Morgan fingerprint density at radius 1 is 1.10 bits per heavy atom. The maximum absolute atomic E-state index is 11.1. The smallest absolute Gasteiger partial charge is 0.744 e. The summed E-state index contributed by atoms with van der Waals surface area (Å²) in [5, 5.41) is 12.0. The van der Waals surface area contributed by atoms with Gasteiger partial charge in [-0.05, 0) is 31.2 Å². The Hall–Kier alpha value is -0.863. The topological polar surface area (TPSA) is 126 Å². The van der Waals surface area contributed by atoms with Crippen molar-refractivity contribution < 1.29 is 31.8 Å². The van der Waals surface area contributed by atoms with Crippen molar-refractivity contribution in [3.63, 3.8) is 0 Å². The summed E-state index contributed by atoms with van der Waals surface area (Å²) in [7, 11) is -4.75. The molecule has 0 saturated carbocycles. The standard InChI is InChI=1S/C16H13Cl2N5O3S.Li.Na/c1-9-15(16(19)23(22-9)10-5-3-2-4-6-10)21-20-13-7-12(18)14(8-11(13)17)27(24,25)26;;/h2-8H,19H2,1H3,(H,24,25,26);;/q;+1;/p-1. The Bertz CT molecular complexity index is 1160. The molecule has 0 aliphatic carbocycles. The first-order chi connectivity index (χ1) is 12.7. The molecule has 1 aromatic heterocycles. The molecule has 0 aliphatic heterocycles. The first-order valence-corrected chi connectivity index (χ1v) is 9.62.